The highest BCUT2D eigenvalue weighted by Crippen LogP contribution is 2.37. The third-order valence-corrected chi connectivity index (χ3v) is 3.86. The van der Waals surface area contributed by atoms with Gasteiger partial charge in [-0.2, -0.15) is 0 Å². The van der Waals surface area contributed by atoms with Gasteiger partial charge in [-0.25, -0.2) is 4.79 Å². The molecule has 0 saturated heterocycles. The van der Waals surface area contributed by atoms with E-state index < -0.39 is 0 Å². The van der Waals surface area contributed by atoms with Gasteiger partial charge in [-0.3, -0.25) is 0 Å². The van der Waals surface area contributed by atoms with Crippen LogP contribution in [0.15, 0.2) is 48.5 Å². The summed E-state index contributed by atoms with van der Waals surface area (Å²) in [5, 5.41) is 9.19. The van der Waals surface area contributed by atoms with Crippen molar-refractivity contribution >= 4 is 11.5 Å². The molecule has 1 aliphatic heterocycles. The summed E-state index contributed by atoms with van der Waals surface area (Å²) in [5.74, 6) is 0.338. The van der Waals surface area contributed by atoms with E-state index in [1.54, 1.807) is 18.2 Å². The molecular weight excluding hydrogens is 292 g/mol. The lowest BCUT2D eigenvalue weighted by Crippen LogP contribution is -2.02. The number of fused-ring (bicyclic) bond motifs is 2. The summed E-state index contributed by atoms with van der Waals surface area (Å²) < 4.78 is 10.7. The van der Waals surface area contributed by atoms with E-state index in [1.807, 2.05) is 30.3 Å². The SMILES string of the molecule is COC(=O)c1ccc2c(c1)C(=CCCO)c1ccccc1CO2. The molecule has 2 aromatic rings. The van der Waals surface area contributed by atoms with Gasteiger partial charge in [0.1, 0.15) is 12.4 Å². The quantitative estimate of drug-likeness (QED) is 0.885. The lowest BCUT2D eigenvalue weighted by molar-refractivity contribution is 0.0600. The van der Waals surface area contributed by atoms with Crippen LogP contribution in [0, 0.1) is 0 Å². The Kier molecular flexibility index (Phi) is 4.44. The van der Waals surface area contributed by atoms with Crippen molar-refractivity contribution in [3.05, 3.63) is 70.8 Å². The summed E-state index contributed by atoms with van der Waals surface area (Å²) in [5.41, 5.74) is 4.41. The molecule has 1 aliphatic rings. The van der Waals surface area contributed by atoms with Crippen LogP contribution in [-0.4, -0.2) is 24.8 Å². The molecule has 1 heterocycles. The highest BCUT2D eigenvalue weighted by molar-refractivity contribution is 5.93. The molecule has 4 nitrogen and oxygen atoms in total. The van der Waals surface area contributed by atoms with Gasteiger partial charge in [0.2, 0.25) is 0 Å². The van der Waals surface area contributed by atoms with Crippen LogP contribution in [0.2, 0.25) is 0 Å². The van der Waals surface area contributed by atoms with Crippen LogP contribution in [0.4, 0.5) is 0 Å². The van der Waals surface area contributed by atoms with E-state index in [-0.39, 0.29) is 12.6 Å². The molecule has 0 aromatic heterocycles. The van der Waals surface area contributed by atoms with Crippen molar-refractivity contribution in [3.8, 4) is 5.75 Å². The van der Waals surface area contributed by atoms with Gasteiger partial charge in [-0.05, 0) is 41.3 Å². The molecule has 0 amide bonds. The smallest absolute Gasteiger partial charge is 0.337 e. The van der Waals surface area contributed by atoms with E-state index in [0.29, 0.717) is 18.6 Å². The first-order chi connectivity index (χ1) is 11.2. The molecule has 4 heteroatoms. The molecule has 0 unspecified atom stereocenters. The van der Waals surface area contributed by atoms with Gasteiger partial charge in [-0.15, -0.1) is 0 Å². The van der Waals surface area contributed by atoms with Crippen molar-refractivity contribution in [1.29, 1.82) is 0 Å². The highest BCUT2D eigenvalue weighted by atomic mass is 16.5. The van der Waals surface area contributed by atoms with E-state index in [4.69, 9.17) is 9.47 Å². The van der Waals surface area contributed by atoms with E-state index in [0.717, 1.165) is 28.0 Å². The number of hydrogen-bond donors (Lipinski definition) is 1. The van der Waals surface area contributed by atoms with Crippen LogP contribution in [0.3, 0.4) is 0 Å². The predicted molar refractivity (Wildman–Crippen MR) is 87.3 cm³/mol. The topological polar surface area (TPSA) is 55.8 Å². The summed E-state index contributed by atoms with van der Waals surface area (Å²) >= 11 is 0. The molecule has 3 rings (SSSR count). The van der Waals surface area contributed by atoms with E-state index >= 15 is 0 Å². The second-order valence-electron chi connectivity index (χ2n) is 5.28. The third-order valence-electron chi connectivity index (χ3n) is 3.86. The standard InChI is InChI=1S/C19H18O4/c1-22-19(21)13-8-9-18-17(11-13)16(7-4-10-20)15-6-3-2-5-14(15)12-23-18/h2-3,5-9,11,20H,4,10,12H2,1H3. The van der Waals surface area contributed by atoms with E-state index in [1.165, 1.54) is 7.11 Å². The minimum atomic E-state index is -0.383. The number of carbonyl (C=O) groups is 1. The number of methoxy groups -OCH3 is 1. The molecule has 0 radical (unpaired) electrons. The molecule has 0 saturated carbocycles. The monoisotopic (exact) mass is 310 g/mol. The first-order valence-corrected chi connectivity index (χ1v) is 7.49. The molecule has 1 N–H and O–H groups in total. The molecule has 0 aliphatic carbocycles. The fraction of sp³-hybridized carbons (Fsp3) is 0.211. The van der Waals surface area contributed by atoms with Crippen LogP contribution in [0.5, 0.6) is 5.75 Å². The molecule has 23 heavy (non-hydrogen) atoms. The summed E-state index contributed by atoms with van der Waals surface area (Å²) in [6.45, 7) is 0.537. The molecule has 0 atom stereocenters. The number of hydrogen-bond acceptors (Lipinski definition) is 4. The third kappa shape index (κ3) is 2.98. The van der Waals surface area contributed by atoms with Gasteiger partial charge < -0.3 is 14.6 Å². The van der Waals surface area contributed by atoms with Crippen LogP contribution < -0.4 is 4.74 Å². The molecule has 118 valence electrons. The van der Waals surface area contributed by atoms with Gasteiger partial charge in [0, 0.05) is 12.2 Å². The number of aliphatic hydroxyl groups excluding tert-OH is 1. The Labute approximate surface area is 135 Å². The van der Waals surface area contributed by atoms with Crippen molar-refractivity contribution in [2.45, 2.75) is 13.0 Å². The van der Waals surface area contributed by atoms with Gasteiger partial charge in [0.15, 0.2) is 0 Å². The Balaban J connectivity index is 2.18. The maximum atomic E-state index is 11.8. The molecule has 2 aromatic carbocycles. The first kappa shape index (κ1) is 15.3. The maximum Gasteiger partial charge on any atom is 0.337 e. The van der Waals surface area contributed by atoms with Gasteiger partial charge in [0.05, 0.1) is 12.7 Å². The zero-order valence-corrected chi connectivity index (χ0v) is 12.9. The largest absolute Gasteiger partial charge is 0.488 e. The van der Waals surface area contributed by atoms with Gasteiger partial charge >= 0.3 is 5.97 Å². The normalized spacial score (nSPS) is 14.4. The second-order valence-corrected chi connectivity index (χ2v) is 5.28. The average Bonchev–Trinajstić information content (AvgIpc) is 2.75. The van der Waals surface area contributed by atoms with E-state index in [2.05, 4.69) is 0 Å². The fourth-order valence-corrected chi connectivity index (χ4v) is 2.75. The minimum absolute atomic E-state index is 0.0680. The summed E-state index contributed by atoms with van der Waals surface area (Å²) in [6, 6.07) is 13.3. The Bertz CT molecular complexity index is 762. The summed E-state index contributed by atoms with van der Waals surface area (Å²) in [4.78, 5) is 11.8. The fourth-order valence-electron chi connectivity index (χ4n) is 2.75. The Hall–Kier alpha value is -2.59. The van der Waals surface area contributed by atoms with Crippen LogP contribution >= 0.6 is 0 Å². The lowest BCUT2D eigenvalue weighted by atomic mass is 9.92. The van der Waals surface area contributed by atoms with Crippen LogP contribution in [-0.2, 0) is 11.3 Å². The number of esters is 1. The molecule has 0 fully saturated rings. The molecular formula is C19H18O4. The Morgan fingerprint density at radius 3 is 2.87 bits per heavy atom. The number of rotatable bonds is 3. The number of carbonyl (C=O) groups excluding carboxylic acids is 1. The van der Waals surface area contributed by atoms with Crippen LogP contribution in [0.1, 0.15) is 33.5 Å². The molecule has 0 spiro atoms. The minimum Gasteiger partial charge on any atom is -0.488 e. The van der Waals surface area contributed by atoms with Crippen LogP contribution in [0.25, 0.3) is 5.57 Å². The zero-order chi connectivity index (χ0) is 16.2. The van der Waals surface area contributed by atoms with Gasteiger partial charge in [-0.1, -0.05) is 30.3 Å². The van der Waals surface area contributed by atoms with Crippen molar-refractivity contribution < 1.29 is 19.4 Å². The maximum absolute atomic E-state index is 11.8. The first-order valence-electron chi connectivity index (χ1n) is 7.49. The number of aliphatic hydroxyl groups is 1. The Morgan fingerprint density at radius 2 is 2.09 bits per heavy atom. The molecule has 0 bridgehead atoms. The van der Waals surface area contributed by atoms with Crippen molar-refractivity contribution in [3.63, 3.8) is 0 Å². The Morgan fingerprint density at radius 1 is 1.26 bits per heavy atom. The second kappa shape index (κ2) is 6.67. The summed E-state index contributed by atoms with van der Waals surface area (Å²) in [7, 11) is 1.36. The predicted octanol–water partition coefficient (Wildman–Crippen LogP) is 3.18. The number of benzene rings is 2. The van der Waals surface area contributed by atoms with Gasteiger partial charge in [0.25, 0.3) is 0 Å². The van der Waals surface area contributed by atoms with Crippen molar-refractivity contribution in [2.75, 3.05) is 13.7 Å². The highest BCUT2D eigenvalue weighted by Gasteiger charge is 2.20. The van der Waals surface area contributed by atoms with E-state index in [9.17, 15) is 9.90 Å². The van der Waals surface area contributed by atoms with Crippen molar-refractivity contribution in [2.24, 2.45) is 0 Å². The van der Waals surface area contributed by atoms with Crippen molar-refractivity contribution in [1.82, 2.24) is 0 Å². The lowest BCUT2D eigenvalue weighted by Gasteiger charge is -2.12. The summed E-state index contributed by atoms with van der Waals surface area (Å²) in [6.07, 6.45) is 2.51. The average molecular weight is 310 g/mol. The number of ether oxygens (including phenoxy) is 2. The zero-order valence-electron chi connectivity index (χ0n) is 12.9.